The van der Waals surface area contributed by atoms with Crippen LogP contribution < -0.4 is 4.98 Å². The number of nitrogens with zero attached hydrogens (tertiary/aromatic N) is 5. The van der Waals surface area contributed by atoms with Gasteiger partial charge in [-0.15, -0.1) is 16.9 Å². The predicted molar refractivity (Wildman–Crippen MR) is 97.5 cm³/mol. The Hall–Kier alpha value is -1.37. The van der Waals surface area contributed by atoms with E-state index in [1.54, 1.807) is 18.8 Å². The molecule has 25 heavy (non-hydrogen) atoms. The number of tetrazole rings is 1. The molecule has 0 radical (unpaired) electrons. The van der Waals surface area contributed by atoms with Gasteiger partial charge in [-0.25, -0.2) is 9.48 Å². The number of aliphatic carboxylic acids is 1. The van der Waals surface area contributed by atoms with Gasteiger partial charge < -0.3 is 10.1 Å². The molecule has 1 amide bonds. The second-order valence-corrected chi connectivity index (χ2v) is 13.7. The first-order chi connectivity index (χ1) is 11.7. The normalized spacial score (nSPS) is 23.5. The van der Waals surface area contributed by atoms with E-state index in [0.717, 1.165) is 5.57 Å². The highest BCUT2D eigenvalue weighted by Gasteiger charge is 2.54. The van der Waals surface area contributed by atoms with Gasteiger partial charge in [-0.05, 0) is 16.0 Å². The highest BCUT2D eigenvalue weighted by Crippen LogP contribution is 2.41. The molecule has 3 rings (SSSR count). The Morgan fingerprint density at radius 2 is 2.20 bits per heavy atom. The quantitative estimate of drug-likeness (QED) is 0.397. The lowest BCUT2D eigenvalue weighted by Gasteiger charge is -2.51. The fraction of sp³-hybridized carbons (Fsp3) is 0.615. The minimum atomic E-state index is -1.64. The summed E-state index contributed by atoms with van der Waals surface area (Å²) < 4.78 is 1.53. The van der Waals surface area contributed by atoms with Crippen LogP contribution in [0.3, 0.4) is 0 Å². The van der Waals surface area contributed by atoms with E-state index >= 15 is 0 Å². The molecule has 2 aliphatic rings. The number of hydrogen-bond acceptors (Lipinski definition) is 8. The van der Waals surface area contributed by atoms with Gasteiger partial charge in [0.1, 0.15) is 25.3 Å². The van der Waals surface area contributed by atoms with Crippen LogP contribution >= 0.6 is 23.5 Å². The van der Waals surface area contributed by atoms with Crippen molar-refractivity contribution < 1.29 is 14.7 Å². The third-order valence-electron chi connectivity index (χ3n) is 3.80. The molecule has 1 saturated heterocycles. The summed E-state index contributed by atoms with van der Waals surface area (Å²) >= 11 is 2.97. The molecule has 3 heterocycles. The van der Waals surface area contributed by atoms with Crippen LogP contribution in [-0.2, 0) is 16.6 Å². The van der Waals surface area contributed by atoms with E-state index < -0.39 is 14.2 Å². The molecule has 0 saturated carbocycles. The van der Waals surface area contributed by atoms with Crippen molar-refractivity contribution in [1.29, 1.82) is 0 Å². The van der Waals surface area contributed by atoms with Crippen molar-refractivity contribution in [3.05, 3.63) is 11.3 Å². The zero-order valence-corrected chi connectivity index (χ0v) is 17.0. The van der Waals surface area contributed by atoms with Crippen LogP contribution in [0.1, 0.15) is 0 Å². The van der Waals surface area contributed by atoms with E-state index in [2.05, 4.69) is 40.1 Å². The average molecular weight is 401 g/mol. The summed E-state index contributed by atoms with van der Waals surface area (Å²) in [7, 11) is 0.0927. The third-order valence-corrected chi connectivity index (χ3v) is 7.41. The minimum Gasteiger partial charge on any atom is -0.477 e. The molecule has 9 nitrogen and oxygen atoms in total. The lowest BCUT2D eigenvalue weighted by atomic mass is 10.0. The van der Waals surface area contributed by atoms with E-state index in [-0.39, 0.29) is 23.0 Å². The Bertz CT molecular complexity index is 746. The van der Waals surface area contributed by atoms with Crippen LogP contribution in [-0.4, -0.2) is 73.2 Å². The van der Waals surface area contributed by atoms with Gasteiger partial charge in [-0.2, -0.15) is 0 Å². The van der Waals surface area contributed by atoms with Crippen molar-refractivity contribution in [3.63, 3.8) is 0 Å². The molecule has 2 aliphatic heterocycles. The number of carbonyl (C=O) groups excluding carboxylic acids is 1. The number of nitrogens with one attached hydrogen (secondary N) is 1. The standard InChI is InChI=1S/C13H20N6O3S2Si/c1-18-13(14-16-17-18)24-6-7-5-23-11-8(15-25(2,3)4)10(20)19(11)9(7)12(21)22/h8,11,15H,5-6H2,1-4H3,(H,21,22)/t8-,11-/m1/s1. The molecule has 0 bridgehead atoms. The predicted octanol–water partition coefficient (Wildman–Crippen LogP) is 0.349. The maximum atomic E-state index is 12.6. The molecule has 2 atom stereocenters. The lowest BCUT2D eigenvalue weighted by Crippen LogP contribution is -2.73. The van der Waals surface area contributed by atoms with Gasteiger partial charge in [0.05, 0.1) is 0 Å². The van der Waals surface area contributed by atoms with E-state index in [1.165, 1.54) is 21.3 Å². The number of carbonyl (C=O) groups is 2. The largest absolute Gasteiger partial charge is 0.477 e. The maximum absolute atomic E-state index is 12.6. The number of fused-ring (bicyclic) bond motifs is 1. The smallest absolute Gasteiger partial charge is 0.352 e. The van der Waals surface area contributed by atoms with Crippen molar-refractivity contribution in [2.75, 3.05) is 11.5 Å². The van der Waals surface area contributed by atoms with Crippen molar-refractivity contribution in [1.82, 2.24) is 30.1 Å². The molecule has 12 heteroatoms. The Kier molecular flexibility index (Phi) is 4.97. The number of hydrogen-bond donors (Lipinski definition) is 2. The number of aromatic nitrogens is 4. The zero-order valence-electron chi connectivity index (χ0n) is 14.4. The van der Waals surface area contributed by atoms with Gasteiger partial charge in [-0.3, -0.25) is 9.69 Å². The highest BCUT2D eigenvalue weighted by atomic mass is 32.2. The molecule has 1 fully saturated rings. The monoisotopic (exact) mass is 400 g/mol. The fourth-order valence-electron chi connectivity index (χ4n) is 2.76. The Labute approximate surface area is 154 Å². The first kappa shape index (κ1) is 18.4. The molecular formula is C13H20N6O3S2Si. The first-order valence-corrected chi connectivity index (χ1v) is 13.3. The fourth-order valence-corrected chi connectivity index (χ4v) is 6.43. The Balaban J connectivity index is 1.78. The van der Waals surface area contributed by atoms with Crippen LogP contribution in [0.2, 0.25) is 19.6 Å². The number of rotatable bonds is 6. The van der Waals surface area contributed by atoms with Crippen LogP contribution in [0.4, 0.5) is 0 Å². The van der Waals surface area contributed by atoms with Crippen LogP contribution in [0, 0.1) is 0 Å². The molecule has 0 aromatic carbocycles. The number of amides is 1. The third kappa shape index (κ3) is 3.61. The molecule has 136 valence electrons. The van der Waals surface area contributed by atoms with Crippen LogP contribution in [0.5, 0.6) is 0 Å². The van der Waals surface area contributed by atoms with E-state index in [9.17, 15) is 14.7 Å². The van der Waals surface area contributed by atoms with Crippen molar-refractivity contribution in [2.24, 2.45) is 7.05 Å². The topological polar surface area (TPSA) is 113 Å². The second-order valence-electron chi connectivity index (χ2n) is 6.91. The SMILES string of the molecule is Cn1nnnc1SCC1=C(C(=O)O)N2C(=O)[C@@H](N[Si](C)(C)C)[C@H]2SC1. The summed E-state index contributed by atoms with van der Waals surface area (Å²) in [5, 5.41) is 21.3. The number of carboxylic acid groups (broad SMARTS) is 1. The number of thioether (sulfide) groups is 2. The molecular weight excluding hydrogens is 380 g/mol. The molecule has 1 aromatic rings. The van der Waals surface area contributed by atoms with Crippen LogP contribution in [0.25, 0.3) is 0 Å². The van der Waals surface area contributed by atoms with Gasteiger partial charge in [0.15, 0.2) is 0 Å². The summed E-state index contributed by atoms with van der Waals surface area (Å²) in [5.41, 5.74) is 0.839. The highest BCUT2D eigenvalue weighted by molar-refractivity contribution is 8.01. The van der Waals surface area contributed by atoms with Gasteiger partial charge in [-0.1, -0.05) is 31.4 Å². The summed E-state index contributed by atoms with van der Waals surface area (Å²) in [6.45, 7) is 6.38. The van der Waals surface area contributed by atoms with Crippen molar-refractivity contribution in [2.45, 2.75) is 36.2 Å². The van der Waals surface area contributed by atoms with Gasteiger partial charge in [0, 0.05) is 18.6 Å². The van der Waals surface area contributed by atoms with Gasteiger partial charge >= 0.3 is 5.97 Å². The summed E-state index contributed by atoms with van der Waals surface area (Å²) in [6.07, 6.45) is 0. The summed E-state index contributed by atoms with van der Waals surface area (Å²) in [4.78, 5) is 29.2. The minimum absolute atomic E-state index is 0.116. The first-order valence-electron chi connectivity index (χ1n) is 7.72. The van der Waals surface area contributed by atoms with E-state index in [4.69, 9.17) is 0 Å². The van der Waals surface area contributed by atoms with Gasteiger partial charge in [0.2, 0.25) is 11.1 Å². The number of aryl methyl sites for hydroxylation is 1. The summed E-state index contributed by atoms with van der Waals surface area (Å²) in [5.74, 6) is -0.194. The molecule has 1 aromatic heterocycles. The summed E-state index contributed by atoms with van der Waals surface area (Å²) in [6, 6.07) is -0.289. The van der Waals surface area contributed by atoms with Crippen molar-refractivity contribution >= 4 is 43.6 Å². The molecule has 0 spiro atoms. The number of carboxylic acids is 1. The van der Waals surface area contributed by atoms with E-state index in [0.29, 0.717) is 16.7 Å². The maximum Gasteiger partial charge on any atom is 0.352 e. The second kappa shape index (κ2) is 6.74. The van der Waals surface area contributed by atoms with Crippen LogP contribution in [0.15, 0.2) is 16.4 Å². The van der Waals surface area contributed by atoms with Crippen molar-refractivity contribution in [3.8, 4) is 0 Å². The molecule has 2 N–H and O–H groups in total. The molecule has 0 aliphatic carbocycles. The molecule has 0 unspecified atom stereocenters. The van der Waals surface area contributed by atoms with Gasteiger partial charge in [0.25, 0.3) is 0 Å². The van der Waals surface area contributed by atoms with E-state index in [1.807, 2.05) is 0 Å². The average Bonchev–Trinajstić information content (AvgIpc) is 2.93. The Morgan fingerprint density at radius 3 is 2.76 bits per heavy atom. The lowest BCUT2D eigenvalue weighted by molar-refractivity contribution is -0.148. The zero-order chi connectivity index (χ0) is 18.4. The Morgan fingerprint density at radius 1 is 1.48 bits per heavy atom. The number of β-lactam (4-membered cyclic amide) rings is 1.